The van der Waals surface area contributed by atoms with Crippen LogP contribution >= 0.6 is 0 Å². The number of hydrogen-bond acceptors (Lipinski definition) is 6. The Balaban J connectivity index is 0.000000467. The van der Waals surface area contributed by atoms with E-state index in [1.807, 2.05) is 60.7 Å². The molecule has 0 unspecified atom stereocenters. The van der Waals surface area contributed by atoms with Crippen molar-refractivity contribution >= 4 is 79.5 Å². The largest absolute Gasteiger partial charge is 2.00 e. The van der Waals surface area contributed by atoms with Crippen molar-refractivity contribution in [2.75, 3.05) is 0 Å². The maximum atomic E-state index is 12.4. The molecule has 0 atom stereocenters. The van der Waals surface area contributed by atoms with Gasteiger partial charge < -0.3 is 9.11 Å². The van der Waals surface area contributed by atoms with Gasteiger partial charge >= 0.3 is 37.7 Å². The first-order chi connectivity index (χ1) is 33.0. The predicted octanol–water partition coefficient (Wildman–Crippen LogP) is 17.8. The Morgan fingerprint density at radius 1 is 0.304 bits per heavy atom. The molecule has 0 spiro atoms. The fraction of sp³-hybridized carbons (Fsp3) is 0.667. The number of aryl methyl sites for hydroxylation is 4. The Bertz CT molecular complexity index is 2030. The molecule has 4 rings (SSSR count). The molecule has 0 bridgehead atoms. The molecule has 69 heavy (non-hydrogen) atoms. The van der Waals surface area contributed by atoms with Crippen molar-refractivity contribution in [1.29, 1.82) is 0 Å². The van der Waals surface area contributed by atoms with Crippen molar-refractivity contribution < 1.29 is 25.9 Å². The molecular formula is C60H94CaO6S2. The fourth-order valence-corrected chi connectivity index (χ4v) is 12.1. The average molecular weight is 1020 g/mol. The minimum absolute atomic E-state index is 0. The molecule has 0 saturated carbocycles. The van der Waals surface area contributed by atoms with Gasteiger partial charge in [0.05, 0.1) is 9.79 Å². The van der Waals surface area contributed by atoms with Gasteiger partial charge in [0.25, 0.3) is 0 Å². The van der Waals surface area contributed by atoms with Gasteiger partial charge in [-0.1, -0.05) is 268 Å². The average Bonchev–Trinajstić information content (AvgIpc) is 3.31. The van der Waals surface area contributed by atoms with Crippen LogP contribution in [-0.4, -0.2) is 63.7 Å². The molecular weight excluding hydrogens is 921 g/mol. The third-order valence-electron chi connectivity index (χ3n) is 14.0. The van der Waals surface area contributed by atoms with Gasteiger partial charge in [0, 0.05) is 10.8 Å². The van der Waals surface area contributed by atoms with Crippen LogP contribution in [0, 0.1) is 0 Å². The number of benzene rings is 4. The van der Waals surface area contributed by atoms with Gasteiger partial charge in [-0.25, -0.2) is 16.8 Å². The standard InChI is InChI=1S/2C30H48O3S.Ca/c2*1-3-5-7-9-11-13-15-17-20-26-22-19-23-27-24-25-28(30(29(26)27)34(31,32)33)21-18-16-14-12-10-8-6-4-2;/h2*19,22-25H,3-18,20-21H2,1-2H3,(H,31,32,33);/q;;+2/p-2. The van der Waals surface area contributed by atoms with Crippen LogP contribution in [0.15, 0.2) is 70.5 Å². The van der Waals surface area contributed by atoms with Crippen molar-refractivity contribution in [2.45, 2.75) is 269 Å². The van der Waals surface area contributed by atoms with Gasteiger partial charge in [-0.3, -0.25) is 0 Å². The van der Waals surface area contributed by atoms with Crippen LogP contribution in [0.25, 0.3) is 21.5 Å². The van der Waals surface area contributed by atoms with Crippen LogP contribution in [0.2, 0.25) is 0 Å². The van der Waals surface area contributed by atoms with Crippen LogP contribution in [0.3, 0.4) is 0 Å². The van der Waals surface area contributed by atoms with Crippen molar-refractivity contribution in [3.63, 3.8) is 0 Å². The van der Waals surface area contributed by atoms with Crippen molar-refractivity contribution in [2.24, 2.45) is 0 Å². The molecule has 6 nitrogen and oxygen atoms in total. The van der Waals surface area contributed by atoms with Crippen molar-refractivity contribution in [3.05, 3.63) is 82.9 Å². The fourth-order valence-electron chi connectivity index (χ4n) is 10.1. The van der Waals surface area contributed by atoms with E-state index in [4.69, 9.17) is 0 Å². The zero-order chi connectivity index (χ0) is 49.3. The second-order valence-corrected chi connectivity index (χ2v) is 22.6. The third kappa shape index (κ3) is 25.3. The second kappa shape index (κ2) is 38.1. The Labute approximate surface area is 453 Å². The monoisotopic (exact) mass is 1010 g/mol. The first-order valence-corrected chi connectivity index (χ1v) is 30.8. The van der Waals surface area contributed by atoms with Gasteiger partial charge in [0.15, 0.2) is 0 Å². The van der Waals surface area contributed by atoms with E-state index in [9.17, 15) is 25.9 Å². The molecule has 0 aromatic heterocycles. The van der Waals surface area contributed by atoms with Crippen LogP contribution < -0.4 is 0 Å². The summed E-state index contributed by atoms with van der Waals surface area (Å²) in [6.07, 6.45) is 42.0. The summed E-state index contributed by atoms with van der Waals surface area (Å²) in [5.41, 5.74) is 3.43. The molecule has 9 heteroatoms. The smallest absolute Gasteiger partial charge is 0.744 e. The zero-order valence-electron chi connectivity index (χ0n) is 44.2. The van der Waals surface area contributed by atoms with E-state index in [0.29, 0.717) is 34.7 Å². The van der Waals surface area contributed by atoms with E-state index in [2.05, 4.69) is 27.7 Å². The molecule has 4 aromatic rings. The molecule has 0 N–H and O–H groups in total. The quantitative estimate of drug-likeness (QED) is 0.0251. The Morgan fingerprint density at radius 2 is 0.536 bits per heavy atom. The summed E-state index contributed by atoms with van der Waals surface area (Å²) in [5.74, 6) is 0. The van der Waals surface area contributed by atoms with E-state index in [1.54, 1.807) is 0 Å². The van der Waals surface area contributed by atoms with Gasteiger partial charge in [-0.05, 0) is 84.4 Å². The van der Waals surface area contributed by atoms with E-state index < -0.39 is 20.2 Å². The molecule has 0 amide bonds. The summed E-state index contributed by atoms with van der Waals surface area (Å²) in [6, 6.07) is 19.6. The molecule has 0 aliphatic heterocycles. The predicted molar refractivity (Wildman–Crippen MR) is 295 cm³/mol. The van der Waals surface area contributed by atoms with Crippen molar-refractivity contribution in [3.8, 4) is 0 Å². The first kappa shape index (κ1) is 63.6. The van der Waals surface area contributed by atoms with E-state index in [-0.39, 0.29) is 47.5 Å². The Hall–Kier alpha value is -1.52. The molecule has 0 aliphatic rings. The summed E-state index contributed by atoms with van der Waals surface area (Å²) < 4.78 is 74.4. The third-order valence-corrected chi connectivity index (χ3v) is 16.0. The molecule has 384 valence electrons. The van der Waals surface area contributed by atoms with E-state index >= 15 is 0 Å². The summed E-state index contributed by atoms with van der Waals surface area (Å²) in [6.45, 7) is 8.93. The summed E-state index contributed by atoms with van der Waals surface area (Å²) >= 11 is 0. The number of unbranched alkanes of at least 4 members (excludes halogenated alkanes) is 28. The SMILES string of the molecule is CCCCCCCCCCc1ccc2cccc(CCCCCCCCCC)c2c1S(=O)(=O)[O-].CCCCCCCCCCc1ccc2cccc(CCCCCCCCCC)c2c1S(=O)(=O)[O-].[Ca+2]. The normalized spacial score (nSPS) is 11.8. The number of fused-ring (bicyclic) bond motifs is 2. The Morgan fingerprint density at radius 3 is 0.783 bits per heavy atom. The van der Waals surface area contributed by atoms with E-state index in [1.165, 1.54) is 154 Å². The zero-order valence-corrected chi connectivity index (χ0v) is 48.0. The molecule has 0 fully saturated rings. The summed E-state index contributed by atoms with van der Waals surface area (Å²) in [5, 5.41) is 3.09. The second-order valence-electron chi connectivity index (χ2n) is 19.9. The summed E-state index contributed by atoms with van der Waals surface area (Å²) in [4.78, 5) is 0.0891. The molecule has 0 saturated heterocycles. The van der Waals surface area contributed by atoms with Gasteiger partial charge in [0.1, 0.15) is 20.2 Å². The topological polar surface area (TPSA) is 114 Å². The minimum atomic E-state index is -4.54. The minimum Gasteiger partial charge on any atom is -0.744 e. The van der Waals surface area contributed by atoms with Gasteiger partial charge in [-0.15, -0.1) is 0 Å². The number of hydrogen-bond donors (Lipinski definition) is 0. The molecule has 0 heterocycles. The van der Waals surface area contributed by atoms with Crippen LogP contribution in [0.4, 0.5) is 0 Å². The first-order valence-electron chi connectivity index (χ1n) is 28.0. The molecule has 0 radical (unpaired) electrons. The van der Waals surface area contributed by atoms with Crippen LogP contribution in [-0.2, 0) is 45.9 Å². The van der Waals surface area contributed by atoms with Crippen molar-refractivity contribution in [1.82, 2.24) is 0 Å². The Kier molecular flexibility index (Phi) is 35.1. The summed E-state index contributed by atoms with van der Waals surface area (Å²) in [7, 11) is -9.08. The van der Waals surface area contributed by atoms with Crippen LogP contribution in [0.1, 0.15) is 255 Å². The maximum absolute atomic E-state index is 12.4. The van der Waals surface area contributed by atoms with Gasteiger partial charge in [0.2, 0.25) is 0 Å². The molecule has 0 aliphatic carbocycles. The van der Waals surface area contributed by atoms with Gasteiger partial charge in [-0.2, -0.15) is 0 Å². The maximum Gasteiger partial charge on any atom is 2.00 e. The molecule has 4 aromatic carbocycles. The van der Waals surface area contributed by atoms with E-state index in [0.717, 1.165) is 86.1 Å². The number of rotatable bonds is 38. The van der Waals surface area contributed by atoms with Crippen LogP contribution in [0.5, 0.6) is 0 Å².